The molecule has 0 aliphatic rings. The van der Waals surface area contributed by atoms with E-state index in [1.165, 1.54) is 0 Å². The van der Waals surface area contributed by atoms with Gasteiger partial charge in [0, 0.05) is 24.3 Å². The molecular formula is C22H20N4O2S2. The Labute approximate surface area is 182 Å². The van der Waals surface area contributed by atoms with Crippen LogP contribution in [0.1, 0.15) is 12.0 Å². The number of hydrogen-bond acceptors (Lipinski definition) is 6. The Kier molecular flexibility index (Phi) is 6.46. The summed E-state index contributed by atoms with van der Waals surface area (Å²) in [5.74, 6) is 2.65. The summed E-state index contributed by atoms with van der Waals surface area (Å²) >= 11 is 3.14. The number of nitrogens with zero attached hydrogens (tertiary/aromatic N) is 3. The number of hydrogen-bond donors (Lipinski definition) is 1. The van der Waals surface area contributed by atoms with Crippen LogP contribution in [0.3, 0.4) is 0 Å². The number of primary amides is 1. The van der Waals surface area contributed by atoms with E-state index >= 15 is 0 Å². The molecule has 8 heteroatoms. The van der Waals surface area contributed by atoms with Crippen molar-refractivity contribution in [3.8, 4) is 22.2 Å². The van der Waals surface area contributed by atoms with Gasteiger partial charge < -0.3 is 15.0 Å². The lowest BCUT2D eigenvalue weighted by Gasteiger charge is -2.12. The Hall–Kier alpha value is -3.10. The van der Waals surface area contributed by atoms with Crippen molar-refractivity contribution in [3.63, 3.8) is 0 Å². The van der Waals surface area contributed by atoms with Crippen molar-refractivity contribution in [2.75, 3.05) is 0 Å². The van der Waals surface area contributed by atoms with Gasteiger partial charge >= 0.3 is 0 Å². The van der Waals surface area contributed by atoms with Crippen molar-refractivity contribution in [1.29, 1.82) is 0 Å². The number of aromatic nitrogens is 3. The first-order valence-corrected chi connectivity index (χ1v) is 11.3. The summed E-state index contributed by atoms with van der Waals surface area (Å²) in [6, 6.07) is 21.6. The summed E-state index contributed by atoms with van der Waals surface area (Å²) in [5.41, 5.74) is 6.42. The summed E-state index contributed by atoms with van der Waals surface area (Å²) in [4.78, 5) is 12.4. The number of amides is 1. The van der Waals surface area contributed by atoms with Gasteiger partial charge in [-0.3, -0.25) is 4.79 Å². The van der Waals surface area contributed by atoms with E-state index in [0.717, 1.165) is 32.9 Å². The van der Waals surface area contributed by atoms with Crippen LogP contribution in [0.25, 0.3) is 10.7 Å². The van der Waals surface area contributed by atoms with Crippen molar-refractivity contribution in [1.82, 2.24) is 14.8 Å². The molecule has 0 atom stereocenters. The number of ether oxygens (including phenoxy) is 1. The van der Waals surface area contributed by atoms with Crippen molar-refractivity contribution in [3.05, 3.63) is 77.7 Å². The Bertz CT molecular complexity index is 1110. The molecule has 0 saturated heterocycles. The van der Waals surface area contributed by atoms with Crippen LogP contribution in [0.5, 0.6) is 11.5 Å². The molecule has 0 aliphatic heterocycles. The quantitative estimate of drug-likeness (QED) is 0.375. The fourth-order valence-electron chi connectivity index (χ4n) is 2.89. The maximum atomic E-state index is 11.3. The highest BCUT2D eigenvalue weighted by atomic mass is 32.2. The van der Waals surface area contributed by atoms with Gasteiger partial charge in [0.1, 0.15) is 11.5 Å². The average Bonchev–Trinajstić information content (AvgIpc) is 3.42. The lowest BCUT2D eigenvalue weighted by molar-refractivity contribution is -0.118. The maximum Gasteiger partial charge on any atom is 0.219 e. The maximum absolute atomic E-state index is 11.3. The van der Waals surface area contributed by atoms with E-state index in [9.17, 15) is 4.79 Å². The summed E-state index contributed by atoms with van der Waals surface area (Å²) in [5, 5.41) is 11.5. The summed E-state index contributed by atoms with van der Waals surface area (Å²) in [7, 11) is 0. The number of nitrogens with two attached hydrogens (primary N) is 1. The number of carbonyl (C=O) groups excluding carboxylic acids is 1. The van der Waals surface area contributed by atoms with Gasteiger partial charge in [0.2, 0.25) is 5.91 Å². The van der Waals surface area contributed by atoms with Crippen LogP contribution in [0.2, 0.25) is 0 Å². The third-order valence-corrected chi connectivity index (χ3v) is 6.22. The van der Waals surface area contributed by atoms with E-state index in [4.69, 9.17) is 10.5 Å². The molecule has 0 unspecified atom stereocenters. The van der Waals surface area contributed by atoms with E-state index in [1.54, 1.807) is 23.1 Å². The van der Waals surface area contributed by atoms with Crippen LogP contribution in [0, 0.1) is 0 Å². The number of rotatable bonds is 9. The van der Waals surface area contributed by atoms with Gasteiger partial charge in [0.05, 0.1) is 4.88 Å². The molecule has 1 amide bonds. The molecule has 2 N–H and O–H groups in total. The third-order valence-electron chi connectivity index (χ3n) is 4.34. The summed E-state index contributed by atoms with van der Waals surface area (Å²) < 4.78 is 8.02. The van der Waals surface area contributed by atoms with Gasteiger partial charge in [0.25, 0.3) is 0 Å². The van der Waals surface area contributed by atoms with Gasteiger partial charge in [-0.25, -0.2) is 0 Å². The van der Waals surface area contributed by atoms with Crippen LogP contribution in [0.15, 0.2) is 77.3 Å². The lowest BCUT2D eigenvalue weighted by Crippen LogP contribution is -2.14. The number of para-hydroxylation sites is 2. The first-order chi connectivity index (χ1) is 14.7. The predicted octanol–water partition coefficient (Wildman–Crippen LogP) is 4.97. The molecule has 30 heavy (non-hydrogen) atoms. The van der Waals surface area contributed by atoms with Crippen LogP contribution in [0.4, 0.5) is 0 Å². The second-order valence-electron chi connectivity index (χ2n) is 6.46. The second kappa shape index (κ2) is 9.60. The molecule has 152 valence electrons. The van der Waals surface area contributed by atoms with Crippen molar-refractivity contribution in [2.24, 2.45) is 5.73 Å². The van der Waals surface area contributed by atoms with Gasteiger partial charge in [-0.05, 0) is 29.6 Å². The SMILES string of the molecule is NC(=O)CCn1c(SCc2ccccc2Oc2ccccc2)nnc1-c1cccs1. The molecule has 0 aliphatic carbocycles. The minimum absolute atomic E-state index is 0.234. The zero-order valence-electron chi connectivity index (χ0n) is 16.1. The zero-order chi connectivity index (χ0) is 20.8. The fourth-order valence-corrected chi connectivity index (χ4v) is 4.56. The van der Waals surface area contributed by atoms with E-state index in [2.05, 4.69) is 10.2 Å². The highest BCUT2D eigenvalue weighted by Crippen LogP contribution is 2.32. The largest absolute Gasteiger partial charge is 0.457 e. The average molecular weight is 437 g/mol. The molecule has 2 aromatic carbocycles. The van der Waals surface area contributed by atoms with Crippen molar-refractivity contribution >= 4 is 29.0 Å². The van der Waals surface area contributed by atoms with E-state index in [-0.39, 0.29) is 12.3 Å². The van der Waals surface area contributed by atoms with Gasteiger partial charge in [0.15, 0.2) is 11.0 Å². The van der Waals surface area contributed by atoms with Crippen LogP contribution in [-0.2, 0) is 17.1 Å². The molecule has 4 rings (SSSR count). The van der Waals surface area contributed by atoms with Gasteiger partial charge in [-0.15, -0.1) is 21.5 Å². The molecule has 6 nitrogen and oxygen atoms in total. The second-order valence-corrected chi connectivity index (χ2v) is 8.35. The van der Waals surface area contributed by atoms with Crippen LogP contribution in [-0.4, -0.2) is 20.7 Å². The number of carbonyl (C=O) groups is 1. The third kappa shape index (κ3) is 4.90. The smallest absolute Gasteiger partial charge is 0.219 e. The molecule has 4 aromatic rings. The molecule has 0 spiro atoms. The van der Waals surface area contributed by atoms with E-state index in [1.807, 2.05) is 76.7 Å². The Balaban J connectivity index is 1.55. The molecule has 0 saturated carbocycles. The summed E-state index contributed by atoms with van der Waals surface area (Å²) in [6.07, 6.45) is 0.234. The zero-order valence-corrected chi connectivity index (χ0v) is 17.7. The predicted molar refractivity (Wildman–Crippen MR) is 120 cm³/mol. The Morgan fingerprint density at radius 2 is 1.83 bits per heavy atom. The van der Waals surface area contributed by atoms with Gasteiger partial charge in [-0.1, -0.05) is 54.2 Å². The van der Waals surface area contributed by atoms with Crippen LogP contribution >= 0.6 is 23.1 Å². The van der Waals surface area contributed by atoms with Crippen molar-refractivity contribution < 1.29 is 9.53 Å². The summed E-state index contributed by atoms with van der Waals surface area (Å²) in [6.45, 7) is 0.445. The Morgan fingerprint density at radius 3 is 2.60 bits per heavy atom. The minimum Gasteiger partial charge on any atom is -0.457 e. The molecular weight excluding hydrogens is 416 g/mol. The monoisotopic (exact) mass is 436 g/mol. The Morgan fingerprint density at radius 1 is 1.03 bits per heavy atom. The molecule has 0 radical (unpaired) electrons. The number of benzene rings is 2. The molecule has 2 aromatic heterocycles. The standard InChI is InChI=1S/C22H20N4O2S2/c23-20(27)12-13-26-21(19-11-6-14-29-19)24-25-22(26)30-15-16-7-4-5-10-18(16)28-17-8-2-1-3-9-17/h1-11,14H,12-13,15H2,(H2,23,27). The minimum atomic E-state index is -0.349. The number of thiophene rings is 1. The highest BCUT2D eigenvalue weighted by molar-refractivity contribution is 7.98. The fraction of sp³-hybridized carbons (Fsp3) is 0.136. The first-order valence-electron chi connectivity index (χ1n) is 9.39. The first kappa shape index (κ1) is 20.2. The molecule has 2 heterocycles. The number of thioether (sulfide) groups is 1. The molecule has 0 bridgehead atoms. The van der Waals surface area contributed by atoms with Crippen molar-refractivity contribution in [2.45, 2.75) is 23.9 Å². The molecule has 0 fully saturated rings. The van der Waals surface area contributed by atoms with E-state index < -0.39 is 0 Å². The normalized spacial score (nSPS) is 10.8. The highest BCUT2D eigenvalue weighted by Gasteiger charge is 2.16. The topological polar surface area (TPSA) is 83.0 Å². The lowest BCUT2D eigenvalue weighted by atomic mass is 10.2. The van der Waals surface area contributed by atoms with E-state index in [0.29, 0.717) is 12.3 Å². The van der Waals surface area contributed by atoms with Gasteiger partial charge in [-0.2, -0.15) is 0 Å². The van der Waals surface area contributed by atoms with Crippen LogP contribution < -0.4 is 10.5 Å².